The van der Waals surface area contributed by atoms with Gasteiger partial charge in [-0.2, -0.15) is 0 Å². The van der Waals surface area contributed by atoms with E-state index < -0.39 is 6.10 Å². The fraction of sp³-hybridized carbons (Fsp3) is 0.500. The van der Waals surface area contributed by atoms with Crippen LogP contribution >= 0.6 is 0 Å². The summed E-state index contributed by atoms with van der Waals surface area (Å²) in [5, 5.41) is 16.3. The number of nitrogens with one attached hydrogen (secondary N) is 2. The maximum Gasteiger partial charge on any atom is 0.226 e. The average Bonchev–Trinajstić information content (AvgIpc) is 3.13. The van der Waals surface area contributed by atoms with Gasteiger partial charge in [-0.05, 0) is 25.0 Å². The lowest BCUT2D eigenvalue weighted by molar-refractivity contribution is 0.0280. The number of aliphatic hydroxyl groups is 1. The highest BCUT2D eigenvalue weighted by molar-refractivity contribution is 5.79. The molecule has 0 saturated heterocycles. The molecule has 2 aromatic rings. The van der Waals surface area contributed by atoms with Gasteiger partial charge < -0.3 is 24.9 Å². The van der Waals surface area contributed by atoms with Crippen molar-refractivity contribution in [1.29, 1.82) is 0 Å². The molecule has 0 fully saturated rings. The number of nitrogens with zero attached hydrogens (tertiary/aromatic N) is 2. The number of oxazole rings is 1. The summed E-state index contributed by atoms with van der Waals surface area (Å²) in [6, 6.07) is 9.75. The number of ether oxygens (including phenoxy) is 1. The Balaban J connectivity index is 1.85. The highest BCUT2D eigenvalue weighted by Gasteiger charge is 2.08. The van der Waals surface area contributed by atoms with Gasteiger partial charge in [0.2, 0.25) is 5.89 Å². The Kier molecular flexibility index (Phi) is 8.80. The predicted molar refractivity (Wildman–Crippen MR) is 106 cm³/mol. The summed E-state index contributed by atoms with van der Waals surface area (Å²) in [7, 11) is 0. The first-order valence-corrected chi connectivity index (χ1v) is 9.36. The van der Waals surface area contributed by atoms with Crippen LogP contribution in [0.25, 0.3) is 11.5 Å². The highest BCUT2D eigenvalue weighted by atomic mass is 16.5. The molecule has 0 bridgehead atoms. The maximum absolute atomic E-state index is 10.00. The molecule has 0 aliphatic carbocycles. The minimum Gasteiger partial charge on any atom is -0.444 e. The molecule has 0 aliphatic heterocycles. The molecule has 0 amide bonds. The van der Waals surface area contributed by atoms with E-state index in [-0.39, 0.29) is 0 Å². The van der Waals surface area contributed by atoms with Crippen LogP contribution in [0.15, 0.2) is 46.0 Å². The van der Waals surface area contributed by atoms with Crippen molar-refractivity contribution >= 4 is 5.96 Å². The summed E-state index contributed by atoms with van der Waals surface area (Å²) in [5.41, 5.74) is 1.68. The summed E-state index contributed by atoms with van der Waals surface area (Å²) in [6.45, 7) is 8.54. The van der Waals surface area contributed by atoms with E-state index in [0.29, 0.717) is 44.1 Å². The van der Waals surface area contributed by atoms with Gasteiger partial charge in [0.05, 0.1) is 19.3 Å². The van der Waals surface area contributed by atoms with Gasteiger partial charge in [-0.1, -0.05) is 32.0 Å². The fourth-order valence-electron chi connectivity index (χ4n) is 2.31. The Morgan fingerprint density at radius 3 is 2.70 bits per heavy atom. The third-order valence-corrected chi connectivity index (χ3v) is 3.58. The molecule has 1 heterocycles. The number of aliphatic imine (C=N–C) groups is 1. The lowest BCUT2D eigenvalue weighted by Gasteiger charge is -2.16. The van der Waals surface area contributed by atoms with Gasteiger partial charge in [0.15, 0.2) is 5.96 Å². The molecule has 1 aromatic heterocycles. The van der Waals surface area contributed by atoms with Crippen LogP contribution < -0.4 is 10.6 Å². The van der Waals surface area contributed by atoms with Crippen LogP contribution in [0.2, 0.25) is 0 Å². The Hall–Kier alpha value is -2.38. The number of guanidine groups is 1. The molecular weight excluding hydrogens is 344 g/mol. The number of hydrogen-bond acceptors (Lipinski definition) is 5. The molecule has 1 aromatic carbocycles. The molecule has 1 unspecified atom stereocenters. The quantitative estimate of drug-likeness (QED) is 0.437. The standard InChI is InChI=1S/C20H30N4O3/c1-4-21-20(23-11-18(25)14-26-12-15(2)3)22-10-17-13-27-19(24-17)16-8-6-5-7-9-16/h5-9,13,15,18,25H,4,10-12,14H2,1-3H3,(H2,21,22,23). The molecular formula is C20H30N4O3. The second-order valence-electron chi connectivity index (χ2n) is 6.67. The summed E-state index contributed by atoms with van der Waals surface area (Å²) in [4.78, 5) is 8.96. The summed E-state index contributed by atoms with van der Waals surface area (Å²) in [5.74, 6) is 1.65. The number of benzene rings is 1. The molecule has 0 spiro atoms. The molecule has 2 rings (SSSR count). The van der Waals surface area contributed by atoms with E-state index in [4.69, 9.17) is 9.15 Å². The van der Waals surface area contributed by atoms with E-state index >= 15 is 0 Å². The smallest absolute Gasteiger partial charge is 0.226 e. The zero-order chi connectivity index (χ0) is 19.5. The van der Waals surface area contributed by atoms with E-state index in [2.05, 4.69) is 34.5 Å². The Morgan fingerprint density at radius 2 is 2.00 bits per heavy atom. The van der Waals surface area contributed by atoms with Crippen molar-refractivity contribution in [3.05, 3.63) is 42.3 Å². The number of rotatable bonds is 10. The molecule has 27 heavy (non-hydrogen) atoms. The average molecular weight is 374 g/mol. The van der Waals surface area contributed by atoms with Crippen molar-refractivity contribution in [1.82, 2.24) is 15.6 Å². The van der Waals surface area contributed by atoms with Crippen molar-refractivity contribution in [2.45, 2.75) is 33.4 Å². The van der Waals surface area contributed by atoms with Gasteiger partial charge in [0.1, 0.15) is 12.0 Å². The number of hydrogen-bond donors (Lipinski definition) is 3. The number of aromatic nitrogens is 1. The van der Waals surface area contributed by atoms with E-state index in [1.807, 2.05) is 37.3 Å². The monoisotopic (exact) mass is 374 g/mol. The van der Waals surface area contributed by atoms with Gasteiger partial charge in [0, 0.05) is 25.3 Å². The van der Waals surface area contributed by atoms with Crippen LogP contribution in [0.5, 0.6) is 0 Å². The molecule has 0 radical (unpaired) electrons. The lowest BCUT2D eigenvalue weighted by atomic mass is 10.2. The van der Waals surface area contributed by atoms with E-state index in [0.717, 1.165) is 17.8 Å². The zero-order valence-electron chi connectivity index (χ0n) is 16.3. The largest absolute Gasteiger partial charge is 0.444 e. The predicted octanol–water partition coefficient (Wildman–Crippen LogP) is 2.43. The second-order valence-corrected chi connectivity index (χ2v) is 6.67. The molecule has 3 N–H and O–H groups in total. The topological polar surface area (TPSA) is 91.9 Å². The number of aliphatic hydroxyl groups excluding tert-OH is 1. The molecule has 0 aliphatic rings. The molecule has 1 atom stereocenters. The van der Waals surface area contributed by atoms with E-state index in [1.165, 1.54) is 0 Å². The van der Waals surface area contributed by atoms with Gasteiger partial charge in [-0.3, -0.25) is 0 Å². The van der Waals surface area contributed by atoms with Gasteiger partial charge >= 0.3 is 0 Å². The van der Waals surface area contributed by atoms with E-state index in [9.17, 15) is 5.11 Å². The Bertz CT molecular complexity index is 686. The lowest BCUT2D eigenvalue weighted by Crippen LogP contribution is -2.42. The Labute approximate surface area is 160 Å². The van der Waals surface area contributed by atoms with Crippen LogP contribution in [0.1, 0.15) is 26.5 Å². The highest BCUT2D eigenvalue weighted by Crippen LogP contribution is 2.18. The van der Waals surface area contributed by atoms with E-state index in [1.54, 1.807) is 6.26 Å². The van der Waals surface area contributed by atoms with Crippen molar-refractivity contribution < 1.29 is 14.3 Å². The van der Waals surface area contributed by atoms with Gasteiger partial charge in [0.25, 0.3) is 0 Å². The molecule has 148 valence electrons. The van der Waals surface area contributed by atoms with Crippen molar-refractivity contribution in [3.8, 4) is 11.5 Å². The summed E-state index contributed by atoms with van der Waals surface area (Å²) >= 11 is 0. The van der Waals surface area contributed by atoms with Crippen LogP contribution in [-0.2, 0) is 11.3 Å². The van der Waals surface area contributed by atoms with Gasteiger partial charge in [-0.15, -0.1) is 0 Å². The van der Waals surface area contributed by atoms with Crippen molar-refractivity contribution in [2.24, 2.45) is 10.9 Å². The molecule has 0 saturated carbocycles. The third kappa shape index (κ3) is 7.80. The van der Waals surface area contributed by atoms with Crippen molar-refractivity contribution in [3.63, 3.8) is 0 Å². The zero-order valence-corrected chi connectivity index (χ0v) is 16.3. The summed E-state index contributed by atoms with van der Waals surface area (Å²) in [6.07, 6.45) is 1.02. The van der Waals surface area contributed by atoms with Crippen LogP contribution in [0, 0.1) is 5.92 Å². The first-order valence-electron chi connectivity index (χ1n) is 9.36. The molecule has 7 heteroatoms. The second kappa shape index (κ2) is 11.4. The Morgan fingerprint density at radius 1 is 1.22 bits per heavy atom. The third-order valence-electron chi connectivity index (χ3n) is 3.58. The normalized spacial score (nSPS) is 13.0. The van der Waals surface area contributed by atoms with Crippen LogP contribution in [-0.4, -0.2) is 48.5 Å². The van der Waals surface area contributed by atoms with Gasteiger partial charge in [-0.25, -0.2) is 9.98 Å². The van der Waals surface area contributed by atoms with Crippen LogP contribution in [0.3, 0.4) is 0 Å². The van der Waals surface area contributed by atoms with Crippen LogP contribution in [0.4, 0.5) is 0 Å². The maximum atomic E-state index is 10.00. The van der Waals surface area contributed by atoms with Crippen molar-refractivity contribution in [2.75, 3.05) is 26.3 Å². The minimum atomic E-state index is -0.593. The minimum absolute atomic E-state index is 0.300. The summed E-state index contributed by atoms with van der Waals surface area (Å²) < 4.78 is 11.0. The first-order chi connectivity index (χ1) is 13.1. The molecule has 7 nitrogen and oxygen atoms in total. The fourth-order valence-corrected chi connectivity index (χ4v) is 2.31. The SMILES string of the molecule is CCNC(=NCc1coc(-c2ccccc2)n1)NCC(O)COCC(C)C. The first kappa shape index (κ1) is 20.9.